The summed E-state index contributed by atoms with van der Waals surface area (Å²) in [6.07, 6.45) is 8.52. The maximum Gasteiger partial charge on any atom is 0.153 e. The van der Waals surface area contributed by atoms with Crippen molar-refractivity contribution in [1.82, 2.24) is 20.1 Å². The van der Waals surface area contributed by atoms with Gasteiger partial charge in [0.2, 0.25) is 0 Å². The molecule has 1 N–H and O–H groups in total. The van der Waals surface area contributed by atoms with Crippen LogP contribution >= 0.6 is 0 Å². The van der Waals surface area contributed by atoms with Gasteiger partial charge in [0, 0.05) is 31.4 Å². The quantitative estimate of drug-likeness (QED) is 0.795. The van der Waals surface area contributed by atoms with Crippen LogP contribution in [0.5, 0.6) is 0 Å². The Morgan fingerprint density at radius 1 is 1.30 bits per heavy atom. The van der Waals surface area contributed by atoms with Crippen LogP contribution in [-0.2, 0) is 0 Å². The lowest BCUT2D eigenvalue weighted by molar-refractivity contribution is 0.141. The van der Waals surface area contributed by atoms with Crippen molar-refractivity contribution in [1.29, 1.82) is 0 Å². The highest BCUT2D eigenvalue weighted by Crippen LogP contribution is 2.27. The van der Waals surface area contributed by atoms with Gasteiger partial charge in [-0.1, -0.05) is 18.7 Å². The first kappa shape index (κ1) is 17.9. The Bertz CT molecular complexity index is 842. The predicted octanol–water partition coefficient (Wildman–Crippen LogP) is 3.44. The second-order valence-electron chi connectivity index (χ2n) is 7.54. The Morgan fingerprint density at radius 3 is 2.70 bits per heavy atom. The average Bonchev–Trinajstić information content (AvgIpc) is 2.98. The molecule has 0 atom stereocenters. The Labute approximate surface area is 159 Å². The molecule has 0 bridgehead atoms. The first-order valence-corrected chi connectivity index (χ1v) is 9.53. The van der Waals surface area contributed by atoms with Crippen LogP contribution in [0.4, 0.5) is 10.1 Å². The SMILES string of the molecule is C=C(/C=C\C)c1nn(-c2ccc(N3CC(NC4CC(F)C4)C3)cn2)cc1C. The highest BCUT2D eigenvalue weighted by atomic mass is 19.1. The average molecular weight is 367 g/mol. The molecule has 1 saturated carbocycles. The Morgan fingerprint density at radius 2 is 2.07 bits per heavy atom. The van der Waals surface area contributed by atoms with Gasteiger partial charge in [0.25, 0.3) is 0 Å². The third-order valence-electron chi connectivity index (χ3n) is 5.33. The maximum atomic E-state index is 12.9. The Balaban J connectivity index is 1.37. The van der Waals surface area contributed by atoms with Crippen molar-refractivity contribution in [3.8, 4) is 5.82 Å². The smallest absolute Gasteiger partial charge is 0.153 e. The molecule has 2 fully saturated rings. The molecule has 5 nitrogen and oxygen atoms in total. The zero-order valence-corrected chi connectivity index (χ0v) is 15.9. The number of anilines is 1. The zero-order chi connectivity index (χ0) is 19.0. The second kappa shape index (κ2) is 7.27. The Kier molecular flexibility index (Phi) is 4.83. The first-order valence-electron chi connectivity index (χ1n) is 9.53. The van der Waals surface area contributed by atoms with E-state index in [1.165, 1.54) is 0 Å². The number of nitrogens with one attached hydrogen (secondary N) is 1. The van der Waals surface area contributed by atoms with Gasteiger partial charge in [-0.25, -0.2) is 14.1 Å². The minimum absolute atomic E-state index is 0.363. The number of alkyl halides is 1. The van der Waals surface area contributed by atoms with Crippen molar-refractivity contribution in [2.75, 3.05) is 18.0 Å². The number of aryl methyl sites for hydroxylation is 1. The van der Waals surface area contributed by atoms with Crippen molar-refractivity contribution in [2.24, 2.45) is 0 Å². The molecule has 27 heavy (non-hydrogen) atoms. The molecule has 1 saturated heterocycles. The fourth-order valence-corrected chi connectivity index (χ4v) is 3.69. The molecule has 0 spiro atoms. The van der Waals surface area contributed by atoms with Crippen LogP contribution in [0, 0.1) is 6.92 Å². The summed E-state index contributed by atoms with van der Waals surface area (Å²) >= 11 is 0. The first-order chi connectivity index (χ1) is 13.0. The van der Waals surface area contributed by atoms with Crippen molar-refractivity contribution in [2.45, 2.75) is 44.9 Å². The number of halogens is 1. The fourth-order valence-electron chi connectivity index (χ4n) is 3.69. The summed E-state index contributed by atoms with van der Waals surface area (Å²) in [5, 5.41) is 8.14. The minimum Gasteiger partial charge on any atom is -0.367 e. The highest BCUT2D eigenvalue weighted by molar-refractivity contribution is 5.71. The molecule has 3 heterocycles. The molecule has 0 radical (unpaired) electrons. The van der Waals surface area contributed by atoms with Crippen LogP contribution in [0.25, 0.3) is 11.4 Å². The van der Waals surface area contributed by atoms with Crippen LogP contribution in [0.15, 0.2) is 43.3 Å². The van der Waals surface area contributed by atoms with Crippen molar-refractivity contribution in [3.05, 3.63) is 54.5 Å². The van der Waals surface area contributed by atoms with Crippen molar-refractivity contribution in [3.63, 3.8) is 0 Å². The number of nitrogens with zero attached hydrogens (tertiary/aromatic N) is 4. The number of rotatable bonds is 6. The zero-order valence-electron chi connectivity index (χ0n) is 15.9. The summed E-state index contributed by atoms with van der Waals surface area (Å²) < 4.78 is 14.7. The van der Waals surface area contributed by atoms with Crippen LogP contribution < -0.4 is 10.2 Å². The normalized spacial score (nSPS) is 22.7. The number of aromatic nitrogens is 3. The summed E-state index contributed by atoms with van der Waals surface area (Å²) in [5.41, 5.74) is 3.97. The van der Waals surface area contributed by atoms with Crippen molar-refractivity contribution >= 4 is 11.3 Å². The van der Waals surface area contributed by atoms with E-state index < -0.39 is 6.17 Å². The van der Waals surface area contributed by atoms with Gasteiger partial charge in [-0.05, 0) is 50.0 Å². The molecule has 1 aliphatic carbocycles. The van der Waals surface area contributed by atoms with E-state index in [1.54, 1.807) is 4.68 Å². The van der Waals surface area contributed by atoms with E-state index in [0.29, 0.717) is 24.9 Å². The molecule has 0 unspecified atom stereocenters. The molecular formula is C21H26FN5. The number of allylic oxidation sites excluding steroid dienone is 3. The van der Waals surface area contributed by atoms with Crippen LogP contribution in [0.3, 0.4) is 0 Å². The number of hydrogen-bond acceptors (Lipinski definition) is 4. The minimum atomic E-state index is -0.600. The highest BCUT2D eigenvalue weighted by Gasteiger charge is 2.34. The van der Waals surface area contributed by atoms with E-state index in [4.69, 9.17) is 0 Å². The second-order valence-corrected chi connectivity index (χ2v) is 7.54. The van der Waals surface area contributed by atoms with E-state index in [2.05, 4.69) is 32.9 Å². The third kappa shape index (κ3) is 3.67. The molecule has 142 valence electrons. The molecule has 1 aliphatic heterocycles. The Hall–Kier alpha value is -2.47. The van der Waals surface area contributed by atoms with Crippen LogP contribution in [0.1, 0.15) is 31.0 Å². The van der Waals surface area contributed by atoms with Crippen molar-refractivity contribution < 1.29 is 4.39 Å². The summed E-state index contributed by atoms with van der Waals surface area (Å²) in [7, 11) is 0. The maximum absolute atomic E-state index is 12.9. The lowest BCUT2D eigenvalue weighted by Crippen LogP contribution is -2.62. The van der Waals surface area contributed by atoms with Crippen LogP contribution in [-0.4, -0.2) is 46.1 Å². The lowest BCUT2D eigenvalue weighted by Gasteiger charge is -2.45. The summed E-state index contributed by atoms with van der Waals surface area (Å²) in [4.78, 5) is 6.86. The van der Waals surface area contributed by atoms with E-state index >= 15 is 0 Å². The van der Waals surface area contributed by atoms with Gasteiger partial charge in [0.05, 0.1) is 17.6 Å². The molecule has 0 aromatic carbocycles. The van der Waals surface area contributed by atoms with Gasteiger partial charge in [0.1, 0.15) is 6.17 Å². The van der Waals surface area contributed by atoms with Gasteiger partial charge in [-0.2, -0.15) is 5.10 Å². The fraction of sp³-hybridized carbons (Fsp3) is 0.429. The molecule has 6 heteroatoms. The van der Waals surface area contributed by atoms with Gasteiger partial charge in [-0.3, -0.25) is 0 Å². The van der Waals surface area contributed by atoms with Crippen LogP contribution in [0.2, 0.25) is 0 Å². The van der Waals surface area contributed by atoms with E-state index in [0.717, 1.165) is 41.4 Å². The molecule has 2 aromatic rings. The number of pyridine rings is 1. The van der Waals surface area contributed by atoms with Gasteiger partial charge >= 0.3 is 0 Å². The lowest BCUT2D eigenvalue weighted by atomic mass is 9.89. The summed E-state index contributed by atoms with van der Waals surface area (Å²) in [6, 6.07) is 4.89. The molecule has 2 aromatic heterocycles. The number of hydrogen-bond donors (Lipinski definition) is 1. The molecule has 0 amide bonds. The summed E-state index contributed by atoms with van der Waals surface area (Å²) in [5.74, 6) is 0.792. The topological polar surface area (TPSA) is 46.0 Å². The monoisotopic (exact) mass is 367 g/mol. The standard InChI is InChI=1S/C21H26FN5/c1-4-5-14(2)21-15(3)11-27(25-21)20-7-6-19(10-23-20)26-12-18(13-26)24-17-8-16(22)9-17/h4-7,10-11,16-18,24H,2,8-9,12-13H2,1,3H3/b5-4-. The van der Waals surface area contributed by atoms with E-state index in [9.17, 15) is 4.39 Å². The van der Waals surface area contributed by atoms with Gasteiger partial charge in [0.15, 0.2) is 5.82 Å². The van der Waals surface area contributed by atoms with E-state index in [-0.39, 0.29) is 0 Å². The van der Waals surface area contributed by atoms with E-state index in [1.807, 2.05) is 44.5 Å². The third-order valence-corrected chi connectivity index (χ3v) is 5.33. The largest absolute Gasteiger partial charge is 0.367 e. The van der Waals surface area contributed by atoms with Gasteiger partial charge in [-0.15, -0.1) is 0 Å². The molecular weight excluding hydrogens is 341 g/mol. The predicted molar refractivity (Wildman–Crippen MR) is 107 cm³/mol. The molecule has 4 rings (SSSR count). The summed E-state index contributed by atoms with van der Waals surface area (Å²) in [6.45, 7) is 9.96. The molecule has 2 aliphatic rings. The van der Waals surface area contributed by atoms with Gasteiger partial charge < -0.3 is 10.2 Å².